The number of aromatic nitrogens is 2. The van der Waals surface area contributed by atoms with E-state index in [9.17, 15) is 9.59 Å². The minimum atomic E-state index is -0.386. The number of anilines is 1. The predicted molar refractivity (Wildman–Crippen MR) is 108 cm³/mol. The second-order valence-electron chi connectivity index (χ2n) is 6.93. The molecule has 1 atom stereocenters. The van der Waals surface area contributed by atoms with E-state index < -0.39 is 0 Å². The van der Waals surface area contributed by atoms with Gasteiger partial charge in [0.25, 0.3) is 5.91 Å². The van der Waals surface area contributed by atoms with Gasteiger partial charge in [-0.05, 0) is 37.0 Å². The summed E-state index contributed by atoms with van der Waals surface area (Å²) in [6.07, 6.45) is 2.56. The number of halogens is 1. The molecule has 0 fully saturated rings. The summed E-state index contributed by atoms with van der Waals surface area (Å²) in [5.41, 5.74) is 3.83. The fourth-order valence-corrected chi connectivity index (χ4v) is 3.62. The van der Waals surface area contributed by atoms with Crippen LogP contribution in [-0.2, 0) is 6.42 Å². The monoisotopic (exact) mass is 391 g/mol. The van der Waals surface area contributed by atoms with Crippen LogP contribution in [-0.4, -0.2) is 21.7 Å². The van der Waals surface area contributed by atoms with Gasteiger partial charge in [0.05, 0.1) is 21.8 Å². The van der Waals surface area contributed by atoms with E-state index in [1.165, 1.54) is 11.8 Å². The van der Waals surface area contributed by atoms with E-state index in [2.05, 4.69) is 27.4 Å². The van der Waals surface area contributed by atoms with Crippen LogP contribution in [0.15, 0.2) is 54.7 Å². The summed E-state index contributed by atoms with van der Waals surface area (Å²) in [6.45, 7) is 2.03. The largest absolute Gasteiger partial charge is 0.294 e. The van der Waals surface area contributed by atoms with E-state index in [1.807, 2.05) is 19.1 Å². The smallest absolute Gasteiger partial charge is 0.259 e. The topological polar surface area (TPSA) is 72.0 Å². The molecule has 0 saturated heterocycles. The Hall–Kier alpha value is -3.05. The maximum absolute atomic E-state index is 12.6. The molecule has 0 bridgehead atoms. The van der Waals surface area contributed by atoms with E-state index in [0.29, 0.717) is 34.7 Å². The summed E-state index contributed by atoms with van der Waals surface area (Å²) < 4.78 is 0. The van der Waals surface area contributed by atoms with Crippen LogP contribution in [0.3, 0.4) is 0 Å². The van der Waals surface area contributed by atoms with Gasteiger partial charge in [0.15, 0.2) is 5.78 Å². The number of nitrogens with zero attached hydrogens (tertiary/aromatic N) is 2. The lowest BCUT2D eigenvalue weighted by atomic mass is 9.82. The molecule has 1 aliphatic carbocycles. The van der Waals surface area contributed by atoms with Crippen molar-refractivity contribution in [1.29, 1.82) is 0 Å². The van der Waals surface area contributed by atoms with Gasteiger partial charge >= 0.3 is 0 Å². The highest BCUT2D eigenvalue weighted by Crippen LogP contribution is 2.32. The second-order valence-corrected chi connectivity index (χ2v) is 7.33. The molecule has 2 aromatic carbocycles. The van der Waals surface area contributed by atoms with Crippen molar-refractivity contribution in [3.63, 3.8) is 0 Å². The number of rotatable bonds is 3. The zero-order valence-electron chi connectivity index (χ0n) is 15.3. The molecule has 1 unspecified atom stereocenters. The van der Waals surface area contributed by atoms with Crippen LogP contribution in [0.4, 0.5) is 5.95 Å². The van der Waals surface area contributed by atoms with Gasteiger partial charge in [-0.1, -0.05) is 53.6 Å². The van der Waals surface area contributed by atoms with E-state index in [1.54, 1.807) is 24.3 Å². The number of benzene rings is 2. The molecule has 1 heterocycles. The Morgan fingerprint density at radius 1 is 1.11 bits per heavy atom. The number of aryl methyl sites for hydroxylation is 1. The highest BCUT2D eigenvalue weighted by molar-refractivity contribution is 6.34. The van der Waals surface area contributed by atoms with Crippen molar-refractivity contribution in [2.75, 3.05) is 5.32 Å². The van der Waals surface area contributed by atoms with Crippen molar-refractivity contribution < 1.29 is 9.59 Å². The first-order chi connectivity index (χ1) is 13.5. The minimum Gasteiger partial charge on any atom is -0.294 e. The average molecular weight is 392 g/mol. The Bertz CT molecular complexity index is 1060. The number of nitrogens with one attached hydrogen (secondary N) is 1. The molecule has 140 valence electrons. The summed E-state index contributed by atoms with van der Waals surface area (Å²) in [6, 6.07) is 15.0. The zero-order valence-corrected chi connectivity index (χ0v) is 16.0. The molecule has 1 aromatic heterocycles. The summed E-state index contributed by atoms with van der Waals surface area (Å²) in [7, 11) is 0. The van der Waals surface area contributed by atoms with Crippen molar-refractivity contribution in [2.45, 2.75) is 25.7 Å². The van der Waals surface area contributed by atoms with Gasteiger partial charge in [-0.3, -0.25) is 14.9 Å². The van der Waals surface area contributed by atoms with Gasteiger partial charge in [-0.15, -0.1) is 0 Å². The highest BCUT2D eigenvalue weighted by Gasteiger charge is 2.28. The molecule has 0 aliphatic heterocycles. The maximum Gasteiger partial charge on any atom is 0.259 e. The molecule has 1 aliphatic rings. The molecular formula is C22H18ClN3O2. The summed E-state index contributed by atoms with van der Waals surface area (Å²) >= 11 is 6.07. The first-order valence-corrected chi connectivity index (χ1v) is 9.40. The first kappa shape index (κ1) is 18.3. The molecular weight excluding hydrogens is 374 g/mol. The quantitative estimate of drug-likeness (QED) is 0.708. The number of hydrogen-bond acceptors (Lipinski definition) is 4. The Morgan fingerprint density at radius 2 is 1.86 bits per heavy atom. The molecule has 3 aromatic rings. The molecule has 0 radical (unpaired) electrons. The van der Waals surface area contributed by atoms with Crippen molar-refractivity contribution >= 4 is 29.2 Å². The Kier molecular flexibility index (Phi) is 4.92. The van der Waals surface area contributed by atoms with Crippen LogP contribution in [0.1, 0.15) is 49.9 Å². The van der Waals surface area contributed by atoms with Crippen LogP contribution >= 0.6 is 11.6 Å². The van der Waals surface area contributed by atoms with E-state index in [-0.39, 0.29) is 23.6 Å². The van der Waals surface area contributed by atoms with Gasteiger partial charge < -0.3 is 0 Å². The van der Waals surface area contributed by atoms with E-state index in [0.717, 1.165) is 5.56 Å². The fourth-order valence-electron chi connectivity index (χ4n) is 3.39. The molecule has 1 amide bonds. The second kappa shape index (κ2) is 7.52. The first-order valence-electron chi connectivity index (χ1n) is 9.03. The zero-order chi connectivity index (χ0) is 19.7. The third-order valence-corrected chi connectivity index (χ3v) is 5.26. The SMILES string of the molecule is Cc1ccc(C2CC(=O)c3cnc(NC(=O)c4ccccc4Cl)nc3C2)cc1. The number of carbonyl (C=O) groups is 2. The molecule has 28 heavy (non-hydrogen) atoms. The third kappa shape index (κ3) is 3.66. The van der Waals surface area contributed by atoms with Crippen LogP contribution in [0.2, 0.25) is 5.02 Å². The van der Waals surface area contributed by atoms with Crippen LogP contribution in [0.25, 0.3) is 0 Å². The Morgan fingerprint density at radius 3 is 2.61 bits per heavy atom. The lowest BCUT2D eigenvalue weighted by molar-refractivity contribution is 0.0962. The fraction of sp³-hybridized carbons (Fsp3) is 0.182. The van der Waals surface area contributed by atoms with Gasteiger partial charge in [-0.25, -0.2) is 9.97 Å². The van der Waals surface area contributed by atoms with E-state index >= 15 is 0 Å². The lowest BCUT2D eigenvalue weighted by Gasteiger charge is -2.23. The molecule has 0 saturated carbocycles. The van der Waals surface area contributed by atoms with Gasteiger partial charge in [0.1, 0.15) is 0 Å². The molecule has 0 spiro atoms. The molecule has 5 nitrogen and oxygen atoms in total. The molecule has 6 heteroatoms. The molecule has 1 N–H and O–H groups in total. The van der Waals surface area contributed by atoms with Crippen LogP contribution in [0.5, 0.6) is 0 Å². The average Bonchev–Trinajstić information content (AvgIpc) is 2.68. The number of carbonyl (C=O) groups excluding carboxylic acids is 2. The van der Waals surface area contributed by atoms with Gasteiger partial charge in [-0.2, -0.15) is 0 Å². The van der Waals surface area contributed by atoms with Crippen molar-refractivity contribution in [1.82, 2.24) is 9.97 Å². The van der Waals surface area contributed by atoms with Crippen molar-refractivity contribution in [2.24, 2.45) is 0 Å². The Labute approximate surface area is 167 Å². The summed E-state index contributed by atoms with van der Waals surface area (Å²) in [5, 5.41) is 3.02. The number of amides is 1. The third-order valence-electron chi connectivity index (χ3n) is 4.93. The number of hydrogen-bond donors (Lipinski definition) is 1. The van der Waals surface area contributed by atoms with Crippen LogP contribution in [0, 0.1) is 6.92 Å². The highest BCUT2D eigenvalue weighted by atomic mass is 35.5. The van der Waals surface area contributed by atoms with Gasteiger partial charge in [0, 0.05) is 12.6 Å². The number of ketones is 1. The summed E-state index contributed by atoms with van der Waals surface area (Å²) in [4.78, 5) is 33.6. The molecule has 4 rings (SSSR count). The van der Waals surface area contributed by atoms with E-state index in [4.69, 9.17) is 11.6 Å². The normalized spacial score (nSPS) is 15.8. The van der Waals surface area contributed by atoms with Gasteiger partial charge in [0.2, 0.25) is 5.95 Å². The Balaban J connectivity index is 1.58. The van der Waals surface area contributed by atoms with Crippen molar-refractivity contribution in [3.8, 4) is 0 Å². The van der Waals surface area contributed by atoms with Crippen LogP contribution < -0.4 is 5.32 Å². The predicted octanol–water partition coefficient (Wildman–Crippen LogP) is 4.60. The standard InChI is InChI=1S/C22H18ClN3O2/c1-13-6-8-14(9-7-13)15-10-19-17(20(27)11-15)12-24-22(25-19)26-21(28)16-4-2-3-5-18(16)23/h2-9,12,15H,10-11H2,1H3,(H,24,25,26,28). The van der Waals surface area contributed by atoms with Crippen molar-refractivity contribution in [3.05, 3.63) is 87.7 Å². The lowest BCUT2D eigenvalue weighted by Crippen LogP contribution is -2.22. The summed E-state index contributed by atoms with van der Waals surface area (Å²) in [5.74, 6) is -0.123. The number of fused-ring (bicyclic) bond motifs is 1. The minimum absolute atomic E-state index is 0.0239. The number of Topliss-reactive ketones (excluding diaryl/α,β-unsaturated/α-hetero) is 1. The maximum atomic E-state index is 12.6.